The summed E-state index contributed by atoms with van der Waals surface area (Å²) in [4.78, 5) is 63.5. The van der Waals surface area contributed by atoms with Gasteiger partial charge in [0.2, 0.25) is 5.91 Å². The fraction of sp³-hybridized carbons (Fsp3) is 0.388. The van der Waals surface area contributed by atoms with E-state index in [2.05, 4.69) is 17.2 Å². The van der Waals surface area contributed by atoms with Gasteiger partial charge in [-0.25, -0.2) is 9.97 Å². The first kappa shape index (κ1) is 56.3. The average molecular weight is 1020 g/mol. The van der Waals surface area contributed by atoms with Crippen LogP contribution in [0.4, 0.5) is 0 Å². The Morgan fingerprint density at radius 1 is 0.701 bits per heavy atom. The highest BCUT2D eigenvalue weighted by Crippen LogP contribution is 2.30. The summed E-state index contributed by atoms with van der Waals surface area (Å²) >= 11 is 24.2. The van der Waals surface area contributed by atoms with E-state index in [-0.39, 0.29) is 56.6 Å². The van der Waals surface area contributed by atoms with E-state index in [1.807, 2.05) is 58.7 Å². The maximum Gasteiger partial charge on any atom is 0.373 e. The van der Waals surface area contributed by atoms with Crippen LogP contribution >= 0.6 is 58.8 Å². The maximum atomic E-state index is 13.2. The van der Waals surface area contributed by atoms with Crippen molar-refractivity contribution in [2.24, 2.45) is 11.8 Å². The molecule has 8 rings (SSSR count). The first-order valence-electron chi connectivity index (χ1n) is 21.5. The number of amides is 1. The summed E-state index contributed by atoms with van der Waals surface area (Å²) in [6.07, 6.45) is 11.4. The number of benzene rings is 2. The summed E-state index contributed by atoms with van der Waals surface area (Å²) in [5, 5.41) is 14.9. The number of carboxylic acid groups (broad SMARTS) is 1. The predicted molar refractivity (Wildman–Crippen MR) is 266 cm³/mol. The van der Waals surface area contributed by atoms with Gasteiger partial charge >= 0.3 is 18.1 Å². The van der Waals surface area contributed by atoms with Crippen LogP contribution in [-0.2, 0) is 41.6 Å². The number of hydrogen-bond acceptors (Lipinski definition) is 9. The van der Waals surface area contributed by atoms with Crippen molar-refractivity contribution in [2.75, 3.05) is 32.8 Å². The second-order valence-corrected chi connectivity index (χ2v) is 17.4. The number of imidazole rings is 2. The number of fused-ring (bicyclic) bond motifs is 2. The number of carboxylic acids is 1. The molecule has 2 fully saturated rings. The van der Waals surface area contributed by atoms with Crippen molar-refractivity contribution in [3.8, 4) is 22.5 Å². The molecule has 13 nitrogen and oxygen atoms in total. The molecule has 2 N–H and O–H groups in total. The summed E-state index contributed by atoms with van der Waals surface area (Å²) in [5.41, 5.74) is 5.84. The summed E-state index contributed by atoms with van der Waals surface area (Å²) < 4.78 is 8.65. The molecule has 0 spiro atoms. The number of aliphatic carboxylic acids is 1. The number of aromatic nitrogens is 4. The van der Waals surface area contributed by atoms with Gasteiger partial charge in [0.15, 0.2) is 0 Å². The summed E-state index contributed by atoms with van der Waals surface area (Å²) in [5.74, 6) is 0.254. The van der Waals surface area contributed by atoms with Crippen molar-refractivity contribution >= 4 is 94.1 Å². The zero-order valence-corrected chi connectivity index (χ0v) is 40.5. The molecule has 67 heavy (non-hydrogen) atoms. The molecule has 0 aliphatic carbocycles. The largest absolute Gasteiger partial charge is 0.481 e. The molecule has 2 aromatic carbocycles. The molecular weight excluding hydrogens is 962 g/mol. The third-order valence-electron chi connectivity index (χ3n) is 11.1. The molecule has 0 saturated carbocycles. The van der Waals surface area contributed by atoms with Crippen molar-refractivity contribution in [1.29, 1.82) is 0 Å². The average Bonchev–Trinajstić information content (AvgIpc) is 3.82. The number of esters is 1. The fourth-order valence-corrected chi connectivity index (χ4v) is 8.54. The van der Waals surface area contributed by atoms with Crippen LogP contribution in [0.3, 0.4) is 0 Å². The Hall–Kier alpha value is -4.98. The Morgan fingerprint density at radius 3 is 1.58 bits per heavy atom. The molecular formula is C49H57Cl5N6O7. The van der Waals surface area contributed by atoms with Crippen molar-refractivity contribution in [3.05, 3.63) is 117 Å². The third kappa shape index (κ3) is 16.6. The first-order chi connectivity index (χ1) is 31.3. The van der Waals surface area contributed by atoms with Gasteiger partial charge in [0, 0.05) is 53.1 Å². The Bertz CT molecular complexity index is 2550. The highest BCUT2D eigenvalue weighted by Gasteiger charge is 2.27. The number of carbonyl (C=O) groups excluding carboxylic acids is 4. The topological polar surface area (TPSA) is 165 Å². The van der Waals surface area contributed by atoms with Crippen LogP contribution in [0.1, 0.15) is 77.6 Å². The number of ether oxygens (including phenoxy) is 1. The monoisotopic (exact) mass is 1020 g/mol. The van der Waals surface area contributed by atoms with Gasteiger partial charge in [-0.2, -0.15) is 9.59 Å². The van der Waals surface area contributed by atoms with Gasteiger partial charge in [-0.3, -0.25) is 14.4 Å². The summed E-state index contributed by atoms with van der Waals surface area (Å²) in [6, 6.07) is 21.7. The third-order valence-corrected chi connectivity index (χ3v) is 12.1. The maximum absolute atomic E-state index is 13.2. The highest BCUT2D eigenvalue weighted by molar-refractivity contribution is 6.31. The fourth-order valence-electron chi connectivity index (χ4n) is 7.97. The zero-order valence-electron chi connectivity index (χ0n) is 36.7. The van der Waals surface area contributed by atoms with E-state index in [9.17, 15) is 14.4 Å². The predicted octanol–water partition coefficient (Wildman–Crippen LogP) is 11.2. The SMILES string of the molecule is C.CCCC1CCNCC1.CCOC(=O)CC1CCN(C(=O)Cc2c(-c3ccc(Cl)cc3)nc3ccc(Cl)cn23)CC1.Cl.O=C(O)Cc1c(-c2ccc(Cl)cc2)nc2ccc(Cl)cn12.O=C=O. The molecule has 6 heterocycles. The van der Waals surface area contributed by atoms with Crippen LogP contribution in [0.5, 0.6) is 0 Å². The lowest BCUT2D eigenvalue weighted by molar-refractivity contribution is -0.191. The normalized spacial score (nSPS) is 13.6. The Kier molecular flexibility index (Phi) is 23.9. The van der Waals surface area contributed by atoms with Gasteiger partial charge in [-0.1, -0.05) is 97.9 Å². The Morgan fingerprint density at radius 2 is 1.15 bits per heavy atom. The lowest BCUT2D eigenvalue weighted by atomic mass is 9.93. The molecule has 360 valence electrons. The second kappa shape index (κ2) is 28.4. The van der Waals surface area contributed by atoms with Crippen LogP contribution in [0, 0.1) is 11.8 Å². The van der Waals surface area contributed by atoms with Gasteiger partial charge in [0.1, 0.15) is 11.3 Å². The van der Waals surface area contributed by atoms with Gasteiger partial charge in [-0.05, 0) is 106 Å². The van der Waals surface area contributed by atoms with E-state index >= 15 is 0 Å². The number of pyridine rings is 2. The smallest absolute Gasteiger partial charge is 0.373 e. The first-order valence-corrected chi connectivity index (χ1v) is 23.0. The molecule has 4 aromatic heterocycles. The quantitative estimate of drug-likeness (QED) is 0.119. The van der Waals surface area contributed by atoms with Crippen molar-refractivity contribution in [2.45, 2.75) is 79.1 Å². The van der Waals surface area contributed by atoms with Crippen molar-refractivity contribution in [1.82, 2.24) is 29.0 Å². The van der Waals surface area contributed by atoms with E-state index in [0.717, 1.165) is 46.9 Å². The number of carbonyl (C=O) groups is 3. The molecule has 2 aliphatic rings. The van der Waals surface area contributed by atoms with E-state index in [1.165, 1.54) is 38.8 Å². The lowest BCUT2D eigenvalue weighted by Gasteiger charge is -2.31. The molecule has 18 heteroatoms. The Balaban J connectivity index is 0.000000291. The number of nitrogens with zero attached hydrogens (tertiary/aromatic N) is 5. The van der Waals surface area contributed by atoms with Crippen LogP contribution in [0.2, 0.25) is 20.1 Å². The van der Waals surface area contributed by atoms with E-state index in [1.54, 1.807) is 47.1 Å². The van der Waals surface area contributed by atoms with Gasteiger partial charge in [0.05, 0.1) is 52.3 Å². The minimum Gasteiger partial charge on any atom is -0.481 e. The number of halogens is 5. The Labute approximate surface area is 417 Å². The molecule has 0 unspecified atom stereocenters. The standard InChI is InChI=1S/C24H25Cl2N3O3.C15H10Cl2N2O2.C8H17N.CO2.CH4.ClH/c1-2-32-23(31)13-16-9-11-28(12-10-16)22(30)14-20-24(17-3-5-18(25)6-4-17)27-21-8-7-19(26)15-29(20)21;16-10-3-1-9(2-4-10)15-12(7-14(20)21)19-8-11(17)5-6-13(19)18-15;1-2-3-8-4-6-9-7-5-8;2-1-3;;/h3-8,15-16H,2,9-14H2,1H3;1-6,8H,7H2,(H,20,21);8-9H,2-7H2,1H3;;1H4;1H. The zero-order chi connectivity index (χ0) is 46.9. The molecule has 0 radical (unpaired) electrons. The molecule has 1 amide bonds. The lowest BCUT2D eigenvalue weighted by Crippen LogP contribution is -2.40. The second-order valence-electron chi connectivity index (χ2n) is 15.6. The van der Waals surface area contributed by atoms with Crippen LogP contribution < -0.4 is 5.32 Å². The van der Waals surface area contributed by atoms with Crippen LogP contribution in [-0.4, -0.2) is 85.6 Å². The number of hydrogen-bond donors (Lipinski definition) is 2. The van der Waals surface area contributed by atoms with Crippen molar-refractivity contribution < 1.29 is 33.8 Å². The van der Waals surface area contributed by atoms with E-state index < -0.39 is 5.97 Å². The van der Waals surface area contributed by atoms with Crippen molar-refractivity contribution in [3.63, 3.8) is 0 Å². The minimum atomic E-state index is -0.924. The van der Waals surface area contributed by atoms with Crippen LogP contribution in [0.25, 0.3) is 33.8 Å². The molecule has 6 aromatic rings. The van der Waals surface area contributed by atoms with E-state index in [0.29, 0.717) is 63.2 Å². The van der Waals surface area contributed by atoms with Gasteiger partial charge < -0.3 is 28.9 Å². The summed E-state index contributed by atoms with van der Waals surface area (Å²) in [7, 11) is 0. The van der Waals surface area contributed by atoms with Gasteiger partial charge in [-0.15, -0.1) is 12.4 Å². The molecule has 2 saturated heterocycles. The number of likely N-dealkylation sites (tertiary alicyclic amines) is 1. The van der Waals surface area contributed by atoms with E-state index in [4.69, 9.17) is 70.8 Å². The molecule has 2 aliphatic heterocycles. The number of nitrogens with one attached hydrogen (secondary N) is 1. The molecule has 0 bridgehead atoms. The highest BCUT2D eigenvalue weighted by atomic mass is 35.5. The molecule has 0 atom stereocenters. The summed E-state index contributed by atoms with van der Waals surface area (Å²) in [6.45, 7) is 8.27. The van der Waals surface area contributed by atoms with Gasteiger partial charge in [0.25, 0.3) is 0 Å². The number of rotatable bonds is 11. The minimum absolute atomic E-state index is 0. The van der Waals surface area contributed by atoms with Crippen LogP contribution in [0.15, 0.2) is 85.2 Å². The number of piperidine rings is 2.